The van der Waals surface area contributed by atoms with Crippen LogP contribution < -0.4 is 10.3 Å². The van der Waals surface area contributed by atoms with Gasteiger partial charge >= 0.3 is 0 Å². The van der Waals surface area contributed by atoms with Crippen molar-refractivity contribution in [2.24, 2.45) is 7.05 Å². The topological polar surface area (TPSA) is 88.4 Å². The van der Waals surface area contributed by atoms with Crippen LogP contribution in [-0.2, 0) is 16.5 Å². The van der Waals surface area contributed by atoms with E-state index in [1.807, 2.05) is 19.9 Å². The van der Waals surface area contributed by atoms with Crippen molar-refractivity contribution in [2.75, 3.05) is 19.8 Å². The normalized spacial score (nSPS) is 16.8. The van der Waals surface area contributed by atoms with Gasteiger partial charge in [0.05, 0.1) is 24.6 Å². The Bertz CT molecular complexity index is 826. The summed E-state index contributed by atoms with van der Waals surface area (Å²) in [6, 6.07) is 3.26. The molecule has 0 radical (unpaired) electrons. The van der Waals surface area contributed by atoms with Gasteiger partial charge in [0.1, 0.15) is 12.9 Å². The molecule has 0 saturated carbocycles. The second-order valence-electron chi connectivity index (χ2n) is 5.63. The van der Waals surface area contributed by atoms with Crippen LogP contribution in [0.1, 0.15) is 13.8 Å². The van der Waals surface area contributed by atoms with E-state index in [-0.39, 0.29) is 18.2 Å². The van der Waals surface area contributed by atoms with Gasteiger partial charge in [-0.1, -0.05) is 6.08 Å². The molecule has 25 heavy (non-hydrogen) atoms. The van der Waals surface area contributed by atoms with Crippen LogP contribution in [0.3, 0.4) is 0 Å². The molecule has 1 aliphatic rings. The maximum Gasteiger partial charge on any atom is 0.299 e. The number of hydrogen-bond donors (Lipinski definition) is 0. The first-order valence-corrected chi connectivity index (χ1v) is 7.94. The molecule has 132 valence electrons. The summed E-state index contributed by atoms with van der Waals surface area (Å²) in [5.41, 5.74) is 1.63. The van der Waals surface area contributed by atoms with Gasteiger partial charge in [0.15, 0.2) is 0 Å². The zero-order valence-electron chi connectivity index (χ0n) is 14.4. The smallest absolute Gasteiger partial charge is 0.299 e. The molecular weight excluding hydrogens is 324 g/mol. The molecule has 1 aliphatic heterocycles. The van der Waals surface area contributed by atoms with Crippen molar-refractivity contribution in [2.45, 2.75) is 19.6 Å². The summed E-state index contributed by atoms with van der Waals surface area (Å²) in [5.74, 6) is -0.947. The van der Waals surface area contributed by atoms with Crippen molar-refractivity contribution in [1.29, 1.82) is 0 Å². The second-order valence-corrected chi connectivity index (χ2v) is 5.63. The number of nitrogens with zero attached hydrogens (tertiary/aromatic N) is 4. The first kappa shape index (κ1) is 17.2. The van der Waals surface area contributed by atoms with Crippen LogP contribution in [0.4, 0.5) is 0 Å². The molecule has 0 amide bonds. The monoisotopic (exact) mass is 344 g/mol. The molecule has 0 atom stereocenters. The Morgan fingerprint density at radius 2 is 2.16 bits per heavy atom. The summed E-state index contributed by atoms with van der Waals surface area (Å²) < 4.78 is 18.6. The fourth-order valence-electron chi connectivity index (χ4n) is 2.48. The molecule has 3 heterocycles. The maximum atomic E-state index is 12.2. The van der Waals surface area contributed by atoms with E-state index >= 15 is 0 Å². The van der Waals surface area contributed by atoms with Crippen molar-refractivity contribution in [3.63, 3.8) is 0 Å². The largest absolute Gasteiger partial charge is 0.458 e. The highest BCUT2D eigenvalue weighted by Gasteiger charge is 2.39. The molecule has 1 fully saturated rings. The summed E-state index contributed by atoms with van der Waals surface area (Å²) in [6.07, 6.45) is 4.91. The van der Waals surface area contributed by atoms with Crippen LogP contribution in [0, 0.1) is 0 Å². The molecule has 8 nitrogen and oxygen atoms in total. The van der Waals surface area contributed by atoms with E-state index in [0.29, 0.717) is 24.6 Å². The van der Waals surface area contributed by atoms with Gasteiger partial charge in [0.2, 0.25) is 5.79 Å². The number of ether oxygens (including phenoxy) is 3. The Hall–Kier alpha value is -2.58. The van der Waals surface area contributed by atoms with E-state index in [1.165, 1.54) is 17.0 Å². The van der Waals surface area contributed by atoms with E-state index in [1.54, 1.807) is 19.3 Å². The summed E-state index contributed by atoms with van der Waals surface area (Å²) in [4.78, 5) is 24.6. The lowest BCUT2D eigenvalue weighted by Crippen LogP contribution is -2.39. The van der Waals surface area contributed by atoms with Crippen LogP contribution in [0.15, 0.2) is 41.1 Å². The Labute approximate surface area is 145 Å². The Morgan fingerprint density at radius 3 is 2.80 bits per heavy atom. The molecule has 0 spiro atoms. The lowest BCUT2D eigenvalue weighted by Gasteiger charge is -2.28. The summed E-state index contributed by atoms with van der Waals surface area (Å²) in [5, 5.41) is 0. The molecular formula is C17H20N4O4. The van der Waals surface area contributed by atoms with Crippen molar-refractivity contribution in [3.8, 4) is 17.4 Å². The highest BCUT2D eigenvalue weighted by Crippen LogP contribution is 2.28. The van der Waals surface area contributed by atoms with Gasteiger partial charge in [-0.15, -0.1) is 0 Å². The van der Waals surface area contributed by atoms with Gasteiger partial charge in [-0.2, -0.15) is 4.98 Å². The molecule has 3 rings (SSSR count). The Kier molecular flexibility index (Phi) is 4.91. The van der Waals surface area contributed by atoms with E-state index < -0.39 is 5.79 Å². The first-order chi connectivity index (χ1) is 12.1. The SMILES string of the molecule is CC=C(C)C1(COc2nc(-c3ccncn3)cc(=O)n2C)OCCO1. The average Bonchev–Trinajstić information content (AvgIpc) is 3.13. The Morgan fingerprint density at radius 1 is 1.40 bits per heavy atom. The minimum atomic E-state index is -0.947. The molecule has 1 saturated heterocycles. The predicted octanol–water partition coefficient (Wildman–Crippen LogP) is 1.33. The van der Waals surface area contributed by atoms with Gasteiger partial charge in [0, 0.05) is 19.3 Å². The van der Waals surface area contributed by atoms with Gasteiger partial charge < -0.3 is 14.2 Å². The highest BCUT2D eigenvalue weighted by molar-refractivity contribution is 5.52. The lowest BCUT2D eigenvalue weighted by molar-refractivity contribution is -0.149. The van der Waals surface area contributed by atoms with Gasteiger partial charge in [-0.3, -0.25) is 9.36 Å². The van der Waals surface area contributed by atoms with Crippen LogP contribution in [-0.4, -0.2) is 45.1 Å². The van der Waals surface area contributed by atoms with E-state index in [2.05, 4.69) is 15.0 Å². The van der Waals surface area contributed by atoms with E-state index in [4.69, 9.17) is 14.2 Å². The minimum absolute atomic E-state index is 0.0939. The molecule has 0 N–H and O–H groups in total. The highest BCUT2D eigenvalue weighted by atomic mass is 16.8. The summed E-state index contributed by atoms with van der Waals surface area (Å²) in [7, 11) is 1.60. The molecule has 2 aromatic heterocycles. The zero-order valence-corrected chi connectivity index (χ0v) is 14.4. The summed E-state index contributed by atoms with van der Waals surface area (Å²) >= 11 is 0. The summed E-state index contributed by atoms with van der Waals surface area (Å²) in [6.45, 7) is 4.89. The quantitative estimate of drug-likeness (QED) is 0.756. The first-order valence-electron chi connectivity index (χ1n) is 7.94. The number of rotatable bonds is 5. The maximum absolute atomic E-state index is 12.2. The van der Waals surface area contributed by atoms with Gasteiger partial charge in [0.25, 0.3) is 11.6 Å². The molecule has 0 bridgehead atoms. The average molecular weight is 344 g/mol. The minimum Gasteiger partial charge on any atom is -0.458 e. The van der Waals surface area contributed by atoms with Gasteiger partial charge in [-0.25, -0.2) is 9.97 Å². The molecule has 8 heteroatoms. The molecule has 0 aromatic carbocycles. The third-order valence-corrected chi connectivity index (χ3v) is 4.12. The standard InChI is InChI=1S/C17H20N4O4/c1-4-12(2)17(24-7-8-25-17)10-23-16-20-14(9-15(22)21(16)3)13-5-6-18-11-19-13/h4-6,9,11H,7-8,10H2,1-3H3. The molecule has 0 unspecified atom stereocenters. The fraction of sp³-hybridized carbons (Fsp3) is 0.412. The van der Waals surface area contributed by atoms with Crippen LogP contribution >= 0.6 is 0 Å². The second kappa shape index (κ2) is 7.12. The lowest BCUT2D eigenvalue weighted by atomic mass is 10.1. The molecule has 2 aromatic rings. The van der Waals surface area contributed by atoms with Crippen molar-refractivity contribution >= 4 is 0 Å². The van der Waals surface area contributed by atoms with Gasteiger partial charge in [-0.05, 0) is 25.5 Å². The fourth-order valence-corrected chi connectivity index (χ4v) is 2.48. The van der Waals surface area contributed by atoms with Crippen molar-refractivity contribution < 1.29 is 14.2 Å². The van der Waals surface area contributed by atoms with E-state index in [0.717, 1.165) is 5.57 Å². The molecule has 0 aliphatic carbocycles. The zero-order chi connectivity index (χ0) is 17.9. The number of allylic oxidation sites excluding steroid dienone is 1. The number of aromatic nitrogens is 4. The van der Waals surface area contributed by atoms with Crippen molar-refractivity contribution in [3.05, 3.63) is 46.7 Å². The Balaban J connectivity index is 1.90. The van der Waals surface area contributed by atoms with E-state index in [9.17, 15) is 4.79 Å². The number of hydrogen-bond acceptors (Lipinski definition) is 7. The predicted molar refractivity (Wildman–Crippen MR) is 90.1 cm³/mol. The third-order valence-electron chi connectivity index (χ3n) is 4.12. The van der Waals surface area contributed by atoms with Crippen LogP contribution in [0.25, 0.3) is 11.4 Å². The van der Waals surface area contributed by atoms with Crippen molar-refractivity contribution in [1.82, 2.24) is 19.5 Å². The third kappa shape index (κ3) is 3.45. The van der Waals surface area contributed by atoms with Crippen LogP contribution in [0.5, 0.6) is 6.01 Å². The van der Waals surface area contributed by atoms with Crippen LogP contribution in [0.2, 0.25) is 0 Å².